The van der Waals surface area contributed by atoms with E-state index in [1.165, 1.54) is 6.07 Å². The number of halogens is 2. The summed E-state index contributed by atoms with van der Waals surface area (Å²) in [6, 6.07) is 6.54. The maximum Gasteiger partial charge on any atom is 0.223 e. The smallest absolute Gasteiger partial charge is 0.223 e. The second-order valence-corrected chi connectivity index (χ2v) is 3.19. The van der Waals surface area contributed by atoms with Gasteiger partial charge in [0, 0.05) is 0 Å². The van der Waals surface area contributed by atoms with Crippen LogP contribution in [0, 0.1) is 11.3 Å². The van der Waals surface area contributed by atoms with Crippen molar-refractivity contribution in [2.75, 3.05) is 0 Å². The van der Waals surface area contributed by atoms with E-state index in [9.17, 15) is 0 Å². The minimum Gasteiger partial charge on any atom is -0.370 e. The third-order valence-corrected chi connectivity index (χ3v) is 1.86. The summed E-state index contributed by atoms with van der Waals surface area (Å²) >= 11 is 5.86. The monoisotopic (exact) mass is 272 g/mol. The van der Waals surface area contributed by atoms with Gasteiger partial charge in [-0.2, -0.15) is 10.3 Å². The molecule has 0 aliphatic carbocycles. The van der Waals surface area contributed by atoms with E-state index in [-0.39, 0.29) is 24.3 Å². The van der Waals surface area contributed by atoms with Crippen LogP contribution in [0.5, 0.6) is 0 Å². The van der Waals surface area contributed by atoms with Gasteiger partial charge in [0.25, 0.3) is 0 Å². The zero-order valence-electron chi connectivity index (χ0n) is 8.59. The Hall–Kier alpha value is -1.97. The molecule has 8 heteroatoms. The van der Waals surface area contributed by atoms with Gasteiger partial charge >= 0.3 is 0 Å². The van der Waals surface area contributed by atoms with Gasteiger partial charge in [0.2, 0.25) is 5.96 Å². The van der Waals surface area contributed by atoms with Crippen LogP contribution < -0.4 is 17.2 Å². The molecule has 17 heavy (non-hydrogen) atoms. The molecular weight excluding hydrogens is 263 g/mol. The molecule has 90 valence electrons. The van der Waals surface area contributed by atoms with E-state index >= 15 is 0 Å². The maximum atomic E-state index is 8.63. The van der Waals surface area contributed by atoms with Gasteiger partial charge in [0.1, 0.15) is 0 Å². The summed E-state index contributed by atoms with van der Waals surface area (Å²) in [5, 5.41) is 8.93. The second kappa shape index (κ2) is 6.58. The highest BCUT2D eigenvalue weighted by atomic mass is 35.5. The summed E-state index contributed by atoms with van der Waals surface area (Å²) < 4.78 is 0. The quantitative estimate of drug-likeness (QED) is 0.517. The average molecular weight is 273 g/mol. The van der Waals surface area contributed by atoms with Crippen LogP contribution >= 0.6 is 24.0 Å². The van der Waals surface area contributed by atoms with Crippen LogP contribution in [-0.4, -0.2) is 11.9 Å². The van der Waals surface area contributed by atoms with E-state index in [2.05, 4.69) is 9.98 Å². The van der Waals surface area contributed by atoms with Crippen molar-refractivity contribution in [3.05, 3.63) is 28.8 Å². The summed E-state index contributed by atoms with van der Waals surface area (Å²) in [6.07, 6.45) is 0. The number of aliphatic imine (C=N–C) groups is 2. The van der Waals surface area contributed by atoms with E-state index in [4.69, 9.17) is 34.1 Å². The number of benzene rings is 1. The highest BCUT2D eigenvalue weighted by molar-refractivity contribution is 6.33. The fraction of sp³-hybridized carbons (Fsp3) is 0. The minimum absolute atomic E-state index is 0. The first kappa shape index (κ1) is 15.0. The Kier molecular flexibility index (Phi) is 5.82. The van der Waals surface area contributed by atoms with E-state index in [0.29, 0.717) is 16.3 Å². The average Bonchev–Trinajstić information content (AvgIpc) is 2.19. The predicted molar refractivity (Wildman–Crippen MR) is 70.5 cm³/mol. The summed E-state index contributed by atoms with van der Waals surface area (Å²) in [4.78, 5) is 7.41. The molecule has 0 aromatic heterocycles. The molecule has 1 rings (SSSR count). The van der Waals surface area contributed by atoms with Crippen molar-refractivity contribution < 1.29 is 0 Å². The van der Waals surface area contributed by atoms with Crippen LogP contribution in [0.3, 0.4) is 0 Å². The van der Waals surface area contributed by atoms with Crippen molar-refractivity contribution in [1.29, 1.82) is 5.26 Å². The van der Waals surface area contributed by atoms with Crippen molar-refractivity contribution in [2.24, 2.45) is 27.2 Å². The Morgan fingerprint density at radius 2 is 1.94 bits per heavy atom. The number of nitrogens with two attached hydrogens (primary N) is 3. The summed E-state index contributed by atoms with van der Waals surface area (Å²) in [7, 11) is 0. The summed E-state index contributed by atoms with van der Waals surface area (Å²) in [5.74, 6) is -0.294. The van der Waals surface area contributed by atoms with Crippen LogP contribution in [0.25, 0.3) is 0 Å². The number of nitriles is 1. The number of rotatable bonds is 1. The third kappa shape index (κ3) is 4.59. The first-order chi connectivity index (χ1) is 7.52. The molecule has 1 aromatic carbocycles. The number of nitrogens with zero attached hydrogens (tertiary/aromatic N) is 3. The first-order valence-corrected chi connectivity index (χ1v) is 4.54. The highest BCUT2D eigenvalue weighted by Gasteiger charge is 2.01. The van der Waals surface area contributed by atoms with E-state index < -0.39 is 0 Å². The normalized spacial score (nSPS) is 10.0. The highest BCUT2D eigenvalue weighted by Crippen LogP contribution is 2.25. The molecule has 0 atom stereocenters. The molecule has 0 bridgehead atoms. The molecule has 0 aliphatic rings. The predicted octanol–water partition coefficient (Wildman–Crippen LogP) is 0.853. The van der Waals surface area contributed by atoms with Crippen LogP contribution in [-0.2, 0) is 0 Å². The third-order valence-electron chi connectivity index (χ3n) is 1.56. The molecular formula is C9H10Cl2N6. The van der Waals surface area contributed by atoms with Gasteiger partial charge in [0.05, 0.1) is 22.3 Å². The van der Waals surface area contributed by atoms with Gasteiger partial charge in [-0.3, -0.25) is 0 Å². The Morgan fingerprint density at radius 1 is 1.29 bits per heavy atom. The second-order valence-electron chi connectivity index (χ2n) is 2.78. The SMILES string of the molecule is Cl.N#Cc1ccc(N=C(N)N=C(N)N)c(Cl)c1. The van der Waals surface area contributed by atoms with Crippen molar-refractivity contribution in [3.63, 3.8) is 0 Å². The topological polar surface area (TPSA) is 127 Å². The van der Waals surface area contributed by atoms with Crippen molar-refractivity contribution in [1.82, 2.24) is 0 Å². The fourth-order valence-electron chi connectivity index (χ4n) is 0.948. The molecule has 0 saturated heterocycles. The molecule has 0 saturated carbocycles. The van der Waals surface area contributed by atoms with Crippen molar-refractivity contribution >= 4 is 41.6 Å². The Balaban J connectivity index is 0.00000256. The van der Waals surface area contributed by atoms with Crippen LogP contribution in [0.4, 0.5) is 5.69 Å². The fourth-order valence-corrected chi connectivity index (χ4v) is 1.17. The lowest BCUT2D eigenvalue weighted by molar-refractivity contribution is 1.38. The molecule has 0 unspecified atom stereocenters. The van der Waals surface area contributed by atoms with E-state index in [1.807, 2.05) is 6.07 Å². The van der Waals surface area contributed by atoms with Gasteiger partial charge in [-0.15, -0.1) is 12.4 Å². The van der Waals surface area contributed by atoms with E-state index in [0.717, 1.165) is 0 Å². The van der Waals surface area contributed by atoms with Crippen LogP contribution in [0.15, 0.2) is 28.2 Å². The number of hydrogen-bond donors (Lipinski definition) is 3. The standard InChI is InChI=1S/C9H9ClN6.ClH/c10-6-3-5(4-11)1-2-7(6)15-9(14)16-8(12)13;/h1-3H,(H6,12,13,14,15,16);1H. The van der Waals surface area contributed by atoms with E-state index in [1.54, 1.807) is 12.1 Å². The van der Waals surface area contributed by atoms with Gasteiger partial charge in [-0.05, 0) is 18.2 Å². The summed E-state index contributed by atoms with van der Waals surface area (Å²) in [6.45, 7) is 0. The summed E-state index contributed by atoms with van der Waals surface area (Å²) in [5.41, 5.74) is 16.5. The lowest BCUT2D eigenvalue weighted by Gasteiger charge is -1.99. The molecule has 0 fully saturated rings. The maximum absolute atomic E-state index is 8.63. The van der Waals surface area contributed by atoms with Gasteiger partial charge in [0.15, 0.2) is 5.96 Å². The van der Waals surface area contributed by atoms with Crippen LogP contribution in [0.2, 0.25) is 5.02 Å². The molecule has 0 radical (unpaired) electrons. The van der Waals surface area contributed by atoms with Crippen molar-refractivity contribution in [3.8, 4) is 6.07 Å². The molecule has 0 aliphatic heterocycles. The van der Waals surface area contributed by atoms with Gasteiger partial charge < -0.3 is 17.2 Å². The van der Waals surface area contributed by atoms with Crippen LogP contribution in [0.1, 0.15) is 5.56 Å². The molecule has 6 nitrogen and oxygen atoms in total. The van der Waals surface area contributed by atoms with Gasteiger partial charge in [-0.25, -0.2) is 4.99 Å². The Morgan fingerprint density at radius 3 is 2.41 bits per heavy atom. The first-order valence-electron chi connectivity index (χ1n) is 4.16. The van der Waals surface area contributed by atoms with Gasteiger partial charge in [-0.1, -0.05) is 11.6 Å². The molecule has 1 aromatic rings. The molecule has 6 N–H and O–H groups in total. The Bertz CT molecular complexity index is 499. The molecule has 0 amide bonds. The molecule has 0 heterocycles. The lowest BCUT2D eigenvalue weighted by atomic mass is 10.2. The van der Waals surface area contributed by atoms with Crippen molar-refractivity contribution in [2.45, 2.75) is 0 Å². The Labute approximate surface area is 109 Å². The minimum atomic E-state index is -0.189. The molecule has 0 spiro atoms. The largest absolute Gasteiger partial charge is 0.370 e. The number of guanidine groups is 2. The zero-order chi connectivity index (χ0) is 12.1. The zero-order valence-corrected chi connectivity index (χ0v) is 10.2. The lowest BCUT2D eigenvalue weighted by Crippen LogP contribution is -2.26. The number of hydrogen-bond acceptors (Lipinski definition) is 2.